The molecule has 2 unspecified atom stereocenters. The molecule has 0 aromatic carbocycles. The highest BCUT2D eigenvalue weighted by atomic mass is 32.2. The van der Waals surface area contributed by atoms with E-state index in [4.69, 9.17) is 4.78 Å². The zero-order valence-corrected chi connectivity index (χ0v) is 6.92. The topological polar surface area (TPSA) is 53.0 Å². The first kappa shape index (κ1) is 8.91. The first-order valence-corrected chi connectivity index (χ1v) is 4.88. The van der Waals surface area contributed by atoms with Gasteiger partial charge in [-0.1, -0.05) is 0 Å². The molecule has 0 saturated carbocycles. The van der Waals surface area contributed by atoms with Gasteiger partial charge in [0.2, 0.25) is 0 Å². The van der Waals surface area contributed by atoms with Crippen molar-refractivity contribution in [2.45, 2.75) is 12.2 Å². The van der Waals surface area contributed by atoms with Gasteiger partial charge in [-0.2, -0.15) is 0 Å². The largest absolute Gasteiger partial charge is 0.319 e. The smallest absolute Gasteiger partial charge is 0.0521 e. The van der Waals surface area contributed by atoms with Crippen molar-refractivity contribution in [1.29, 1.82) is 4.78 Å². The van der Waals surface area contributed by atoms with E-state index in [0.29, 0.717) is 6.54 Å². The van der Waals surface area contributed by atoms with Crippen molar-refractivity contribution in [3.05, 3.63) is 0 Å². The predicted octanol–water partition coefficient (Wildman–Crippen LogP) is 0.271. The third-order valence-electron chi connectivity index (χ3n) is 1.26. The third kappa shape index (κ3) is 3.48. The van der Waals surface area contributed by atoms with Crippen molar-refractivity contribution in [3.8, 4) is 0 Å². The SMILES string of the molecule is CNCC(C)S(C)(=N)=O. The molecule has 56 valence electrons. The summed E-state index contributed by atoms with van der Waals surface area (Å²) in [6.07, 6.45) is 1.47. The number of rotatable bonds is 3. The maximum absolute atomic E-state index is 10.9. The number of nitrogens with one attached hydrogen (secondary N) is 2. The molecule has 0 aromatic heterocycles. The molecule has 2 atom stereocenters. The number of hydrogen-bond donors (Lipinski definition) is 2. The molecule has 3 nitrogen and oxygen atoms in total. The lowest BCUT2D eigenvalue weighted by Crippen LogP contribution is -2.27. The lowest BCUT2D eigenvalue weighted by atomic mass is 10.5. The summed E-state index contributed by atoms with van der Waals surface area (Å²) in [6, 6.07) is 0. The Morgan fingerprint density at radius 2 is 2.22 bits per heavy atom. The molecule has 0 aromatic rings. The van der Waals surface area contributed by atoms with Crippen LogP contribution in [0.3, 0.4) is 0 Å². The Morgan fingerprint density at radius 3 is 2.33 bits per heavy atom. The van der Waals surface area contributed by atoms with E-state index in [2.05, 4.69) is 5.32 Å². The highest BCUT2D eigenvalue weighted by Gasteiger charge is 2.08. The van der Waals surface area contributed by atoms with Gasteiger partial charge in [-0.3, -0.25) is 4.78 Å². The third-order valence-corrected chi connectivity index (χ3v) is 2.96. The van der Waals surface area contributed by atoms with Gasteiger partial charge in [-0.15, -0.1) is 0 Å². The van der Waals surface area contributed by atoms with Gasteiger partial charge in [0.05, 0.1) is 5.25 Å². The summed E-state index contributed by atoms with van der Waals surface area (Å²) in [5, 5.41) is 2.82. The average molecular weight is 150 g/mol. The lowest BCUT2D eigenvalue weighted by molar-refractivity contribution is 0.659. The zero-order valence-electron chi connectivity index (χ0n) is 6.10. The zero-order chi connectivity index (χ0) is 7.49. The Balaban J connectivity index is 3.90. The van der Waals surface area contributed by atoms with Gasteiger partial charge in [-0.25, -0.2) is 4.21 Å². The highest BCUT2D eigenvalue weighted by molar-refractivity contribution is 7.92. The first-order chi connectivity index (χ1) is 3.98. The van der Waals surface area contributed by atoms with E-state index in [9.17, 15) is 4.21 Å². The van der Waals surface area contributed by atoms with Crippen LogP contribution in [0.2, 0.25) is 0 Å². The van der Waals surface area contributed by atoms with Gasteiger partial charge in [-0.05, 0) is 14.0 Å². The molecule has 0 amide bonds. The Labute approximate surface area is 56.8 Å². The van der Waals surface area contributed by atoms with Crippen LogP contribution in [0.4, 0.5) is 0 Å². The molecule has 0 saturated heterocycles. The summed E-state index contributed by atoms with van der Waals surface area (Å²) >= 11 is 0. The van der Waals surface area contributed by atoms with Crippen molar-refractivity contribution in [2.75, 3.05) is 19.8 Å². The molecule has 9 heavy (non-hydrogen) atoms. The molecule has 0 aliphatic carbocycles. The summed E-state index contributed by atoms with van der Waals surface area (Å²) in [5.74, 6) is 0. The second kappa shape index (κ2) is 3.17. The van der Waals surface area contributed by atoms with Crippen LogP contribution in [0.5, 0.6) is 0 Å². The van der Waals surface area contributed by atoms with Gasteiger partial charge in [0.1, 0.15) is 0 Å². The second-order valence-electron chi connectivity index (χ2n) is 2.27. The quantitative estimate of drug-likeness (QED) is 0.607. The van der Waals surface area contributed by atoms with Gasteiger partial charge in [0.25, 0.3) is 0 Å². The molecule has 0 rings (SSSR count). The molecule has 2 N–H and O–H groups in total. The Morgan fingerprint density at radius 1 is 1.78 bits per heavy atom. The van der Waals surface area contributed by atoms with Crippen molar-refractivity contribution in [2.24, 2.45) is 0 Å². The maximum atomic E-state index is 10.9. The Hall–Kier alpha value is -0.0900. The van der Waals surface area contributed by atoms with Gasteiger partial charge < -0.3 is 5.32 Å². The molecule has 0 radical (unpaired) electrons. The molecule has 0 aliphatic rings. The lowest BCUT2D eigenvalue weighted by Gasteiger charge is -2.09. The first-order valence-electron chi connectivity index (χ1n) is 2.85. The van der Waals surface area contributed by atoms with Crippen molar-refractivity contribution >= 4 is 9.73 Å². The minimum absolute atomic E-state index is 0.0532. The van der Waals surface area contributed by atoms with Crippen LogP contribution in [0.1, 0.15) is 6.92 Å². The minimum atomic E-state index is -2.33. The van der Waals surface area contributed by atoms with Crippen molar-refractivity contribution in [1.82, 2.24) is 5.32 Å². The van der Waals surface area contributed by atoms with Crippen LogP contribution in [-0.4, -0.2) is 29.3 Å². The van der Waals surface area contributed by atoms with Gasteiger partial charge in [0, 0.05) is 22.5 Å². The Bertz CT molecular complexity index is 162. The maximum Gasteiger partial charge on any atom is 0.0521 e. The molecule has 4 heteroatoms. The summed E-state index contributed by atoms with van der Waals surface area (Å²) in [4.78, 5) is 0. The fourth-order valence-electron chi connectivity index (χ4n) is 0.446. The van der Waals surface area contributed by atoms with Crippen LogP contribution in [0.25, 0.3) is 0 Å². The van der Waals surface area contributed by atoms with Crippen LogP contribution in [0, 0.1) is 4.78 Å². The standard InChI is InChI=1S/C5H14N2OS/c1-5(4-7-2)9(3,6)8/h5-7H,4H2,1-3H3. The Kier molecular flexibility index (Phi) is 3.14. The van der Waals surface area contributed by atoms with E-state index < -0.39 is 9.73 Å². The van der Waals surface area contributed by atoms with E-state index in [0.717, 1.165) is 0 Å². The monoisotopic (exact) mass is 150 g/mol. The summed E-state index contributed by atoms with van der Waals surface area (Å²) in [7, 11) is -0.534. The van der Waals surface area contributed by atoms with Crippen LogP contribution in [0.15, 0.2) is 0 Å². The minimum Gasteiger partial charge on any atom is -0.319 e. The van der Waals surface area contributed by atoms with E-state index in [1.807, 2.05) is 6.92 Å². The summed E-state index contributed by atoms with van der Waals surface area (Å²) in [5.41, 5.74) is 0. The van der Waals surface area contributed by atoms with E-state index in [1.54, 1.807) is 7.05 Å². The summed E-state index contributed by atoms with van der Waals surface area (Å²) in [6.45, 7) is 2.46. The van der Waals surface area contributed by atoms with Crippen LogP contribution >= 0.6 is 0 Å². The molecular weight excluding hydrogens is 136 g/mol. The molecular formula is C5H14N2OS. The molecule has 0 heterocycles. The molecule has 0 spiro atoms. The average Bonchev–Trinajstić information content (AvgIpc) is 1.64. The highest BCUT2D eigenvalue weighted by Crippen LogP contribution is 1.95. The normalized spacial score (nSPS) is 20.8. The second-order valence-corrected chi connectivity index (χ2v) is 4.88. The predicted molar refractivity (Wildman–Crippen MR) is 40.2 cm³/mol. The summed E-state index contributed by atoms with van der Waals surface area (Å²) < 4.78 is 18.0. The fourth-order valence-corrected chi connectivity index (χ4v) is 0.931. The van der Waals surface area contributed by atoms with E-state index in [-0.39, 0.29) is 5.25 Å². The molecule has 0 aliphatic heterocycles. The van der Waals surface area contributed by atoms with E-state index >= 15 is 0 Å². The van der Waals surface area contributed by atoms with Gasteiger partial charge >= 0.3 is 0 Å². The molecule has 0 bridgehead atoms. The van der Waals surface area contributed by atoms with Crippen LogP contribution < -0.4 is 5.32 Å². The number of hydrogen-bond acceptors (Lipinski definition) is 3. The fraction of sp³-hybridized carbons (Fsp3) is 1.00. The molecule has 0 fully saturated rings. The van der Waals surface area contributed by atoms with E-state index in [1.165, 1.54) is 6.26 Å². The van der Waals surface area contributed by atoms with Crippen LogP contribution in [-0.2, 0) is 9.73 Å². The van der Waals surface area contributed by atoms with Gasteiger partial charge in [0.15, 0.2) is 0 Å². The van der Waals surface area contributed by atoms with Crippen molar-refractivity contribution < 1.29 is 4.21 Å². The van der Waals surface area contributed by atoms with Crippen molar-refractivity contribution in [3.63, 3.8) is 0 Å².